The summed E-state index contributed by atoms with van der Waals surface area (Å²) in [5.41, 5.74) is 2.75. The van der Waals surface area contributed by atoms with Crippen molar-refractivity contribution in [2.75, 3.05) is 26.7 Å². The zero-order chi connectivity index (χ0) is 20.9. The molecule has 156 valence electrons. The molecule has 0 bridgehead atoms. The van der Waals surface area contributed by atoms with Crippen LogP contribution < -0.4 is 10.1 Å². The predicted octanol–water partition coefficient (Wildman–Crippen LogP) is 4.54. The molecule has 1 aliphatic rings. The summed E-state index contributed by atoms with van der Waals surface area (Å²) in [6.45, 7) is 3.77. The van der Waals surface area contributed by atoms with Crippen LogP contribution in [0.1, 0.15) is 28.8 Å². The number of benzene rings is 2. The van der Waals surface area contributed by atoms with Crippen molar-refractivity contribution in [3.8, 4) is 5.75 Å². The SMILES string of the molecule is COc1ccc(CN2CCC(CNC(=O)c3ccc4nc(Cl)ccc4c3)CC2)cc1. The molecule has 6 heteroatoms. The Morgan fingerprint density at radius 1 is 1.13 bits per heavy atom. The second-order valence-electron chi connectivity index (χ2n) is 7.82. The molecule has 0 saturated carbocycles. The molecule has 2 aromatic carbocycles. The number of pyridine rings is 1. The molecular formula is C24H26ClN3O2. The van der Waals surface area contributed by atoms with Crippen molar-refractivity contribution in [2.24, 2.45) is 5.92 Å². The minimum absolute atomic E-state index is 0.0347. The number of carbonyl (C=O) groups excluding carboxylic acids is 1. The smallest absolute Gasteiger partial charge is 0.251 e. The Kier molecular flexibility index (Phi) is 6.50. The zero-order valence-corrected chi connectivity index (χ0v) is 17.9. The van der Waals surface area contributed by atoms with Crippen LogP contribution in [-0.2, 0) is 6.54 Å². The van der Waals surface area contributed by atoms with E-state index in [0.717, 1.165) is 49.1 Å². The number of fused-ring (bicyclic) bond motifs is 1. The van der Waals surface area contributed by atoms with Crippen LogP contribution in [0.25, 0.3) is 10.9 Å². The minimum atomic E-state index is -0.0347. The molecule has 4 rings (SSSR count). The number of methoxy groups -OCH3 is 1. The van der Waals surface area contributed by atoms with Gasteiger partial charge in [-0.2, -0.15) is 0 Å². The first-order valence-electron chi connectivity index (χ1n) is 10.3. The molecule has 30 heavy (non-hydrogen) atoms. The number of piperidine rings is 1. The molecule has 5 nitrogen and oxygen atoms in total. The van der Waals surface area contributed by atoms with E-state index in [4.69, 9.17) is 16.3 Å². The van der Waals surface area contributed by atoms with Crippen LogP contribution in [0.15, 0.2) is 54.6 Å². The van der Waals surface area contributed by atoms with E-state index < -0.39 is 0 Å². The number of hydrogen-bond acceptors (Lipinski definition) is 4. The molecule has 1 amide bonds. The lowest BCUT2D eigenvalue weighted by Crippen LogP contribution is -2.38. The average molecular weight is 424 g/mol. The normalized spacial score (nSPS) is 15.3. The average Bonchev–Trinajstić information content (AvgIpc) is 2.78. The van der Waals surface area contributed by atoms with Gasteiger partial charge in [0.2, 0.25) is 0 Å². The standard InChI is InChI=1S/C24H26ClN3O2/c1-30-21-6-2-18(3-7-21)16-28-12-10-17(11-13-28)15-26-24(29)20-4-8-22-19(14-20)5-9-23(25)27-22/h2-9,14,17H,10-13,15-16H2,1H3,(H,26,29). The van der Waals surface area contributed by atoms with Crippen molar-refractivity contribution in [1.82, 2.24) is 15.2 Å². The van der Waals surface area contributed by atoms with E-state index in [-0.39, 0.29) is 5.91 Å². The number of aromatic nitrogens is 1. The Labute approximate surface area is 182 Å². The maximum Gasteiger partial charge on any atom is 0.251 e. The van der Waals surface area contributed by atoms with Gasteiger partial charge in [0.15, 0.2) is 0 Å². The van der Waals surface area contributed by atoms with Crippen molar-refractivity contribution >= 4 is 28.4 Å². The fourth-order valence-corrected chi connectivity index (χ4v) is 4.07. The number of ether oxygens (including phenoxy) is 1. The van der Waals surface area contributed by atoms with Gasteiger partial charge in [-0.1, -0.05) is 23.7 Å². The number of likely N-dealkylation sites (tertiary alicyclic amines) is 1. The van der Waals surface area contributed by atoms with E-state index in [1.54, 1.807) is 19.2 Å². The number of carbonyl (C=O) groups is 1. The van der Waals surface area contributed by atoms with Crippen LogP contribution in [-0.4, -0.2) is 42.5 Å². The van der Waals surface area contributed by atoms with Gasteiger partial charge in [-0.15, -0.1) is 0 Å². The molecule has 1 aliphatic heterocycles. The number of hydrogen-bond donors (Lipinski definition) is 1. The molecule has 0 aliphatic carbocycles. The first-order chi connectivity index (χ1) is 14.6. The molecule has 0 radical (unpaired) electrons. The Bertz CT molecular complexity index is 1010. The quantitative estimate of drug-likeness (QED) is 0.591. The van der Waals surface area contributed by atoms with E-state index in [0.29, 0.717) is 23.2 Å². The van der Waals surface area contributed by atoms with Gasteiger partial charge in [0.05, 0.1) is 12.6 Å². The van der Waals surface area contributed by atoms with Crippen LogP contribution >= 0.6 is 11.6 Å². The second kappa shape index (κ2) is 9.45. The predicted molar refractivity (Wildman–Crippen MR) is 120 cm³/mol. The molecular weight excluding hydrogens is 398 g/mol. The maximum atomic E-state index is 12.6. The van der Waals surface area contributed by atoms with Gasteiger partial charge in [-0.05, 0) is 79.9 Å². The summed E-state index contributed by atoms with van der Waals surface area (Å²) in [7, 11) is 1.69. The summed E-state index contributed by atoms with van der Waals surface area (Å²) < 4.78 is 5.22. The molecule has 2 heterocycles. The van der Waals surface area contributed by atoms with Crippen LogP contribution in [0.2, 0.25) is 5.15 Å². The highest BCUT2D eigenvalue weighted by atomic mass is 35.5. The van der Waals surface area contributed by atoms with Gasteiger partial charge in [-0.25, -0.2) is 4.98 Å². The Balaban J connectivity index is 1.25. The zero-order valence-electron chi connectivity index (χ0n) is 17.1. The Morgan fingerprint density at radius 2 is 1.90 bits per heavy atom. The van der Waals surface area contributed by atoms with E-state index in [1.807, 2.05) is 30.3 Å². The summed E-state index contributed by atoms with van der Waals surface area (Å²) in [6, 6.07) is 17.4. The van der Waals surface area contributed by atoms with Crippen LogP contribution in [0.3, 0.4) is 0 Å². The van der Waals surface area contributed by atoms with Crippen molar-refractivity contribution in [1.29, 1.82) is 0 Å². The van der Waals surface area contributed by atoms with Gasteiger partial charge < -0.3 is 10.1 Å². The highest BCUT2D eigenvalue weighted by Crippen LogP contribution is 2.21. The Hall–Kier alpha value is -2.63. The third-order valence-electron chi connectivity index (χ3n) is 5.74. The molecule has 1 fully saturated rings. The fourth-order valence-electron chi connectivity index (χ4n) is 3.92. The largest absolute Gasteiger partial charge is 0.497 e. The van der Waals surface area contributed by atoms with Gasteiger partial charge >= 0.3 is 0 Å². The van der Waals surface area contributed by atoms with Gasteiger partial charge in [0.25, 0.3) is 5.91 Å². The highest BCUT2D eigenvalue weighted by molar-refractivity contribution is 6.29. The molecule has 1 N–H and O–H groups in total. The van der Waals surface area contributed by atoms with Crippen molar-refractivity contribution < 1.29 is 9.53 Å². The van der Waals surface area contributed by atoms with Gasteiger partial charge in [0.1, 0.15) is 10.9 Å². The summed E-state index contributed by atoms with van der Waals surface area (Å²) in [4.78, 5) is 19.3. The van der Waals surface area contributed by atoms with Gasteiger partial charge in [-0.3, -0.25) is 9.69 Å². The van der Waals surface area contributed by atoms with Crippen LogP contribution in [0.4, 0.5) is 0 Å². The number of halogens is 1. The highest BCUT2D eigenvalue weighted by Gasteiger charge is 2.20. The molecule has 0 spiro atoms. The summed E-state index contributed by atoms with van der Waals surface area (Å²) in [5.74, 6) is 1.37. The van der Waals surface area contributed by atoms with Crippen molar-refractivity contribution in [2.45, 2.75) is 19.4 Å². The number of nitrogens with zero attached hydrogens (tertiary/aromatic N) is 2. The molecule has 0 atom stereocenters. The topological polar surface area (TPSA) is 54.5 Å². The van der Waals surface area contributed by atoms with E-state index in [9.17, 15) is 4.79 Å². The number of rotatable bonds is 6. The van der Waals surface area contributed by atoms with E-state index in [1.165, 1.54) is 5.56 Å². The molecule has 1 aromatic heterocycles. The summed E-state index contributed by atoms with van der Waals surface area (Å²) >= 11 is 5.93. The lowest BCUT2D eigenvalue weighted by molar-refractivity contribution is 0.0935. The number of nitrogens with one attached hydrogen (secondary N) is 1. The minimum Gasteiger partial charge on any atom is -0.497 e. The lowest BCUT2D eigenvalue weighted by Gasteiger charge is -2.32. The first-order valence-corrected chi connectivity index (χ1v) is 10.7. The summed E-state index contributed by atoms with van der Waals surface area (Å²) in [5, 5.41) is 4.48. The molecule has 0 unspecified atom stereocenters. The van der Waals surface area contributed by atoms with Crippen molar-refractivity contribution in [3.05, 3.63) is 70.9 Å². The second-order valence-corrected chi connectivity index (χ2v) is 8.21. The lowest BCUT2D eigenvalue weighted by atomic mass is 9.96. The Morgan fingerprint density at radius 3 is 2.63 bits per heavy atom. The van der Waals surface area contributed by atoms with Crippen molar-refractivity contribution in [3.63, 3.8) is 0 Å². The summed E-state index contributed by atoms with van der Waals surface area (Å²) in [6.07, 6.45) is 2.19. The maximum absolute atomic E-state index is 12.6. The monoisotopic (exact) mass is 423 g/mol. The molecule has 3 aromatic rings. The third-order valence-corrected chi connectivity index (χ3v) is 5.95. The number of amides is 1. The van der Waals surface area contributed by atoms with Gasteiger partial charge in [0, 0.05) is 24.0 Å². The molecule has 1 saturated heterocycles. The van der Waals surface area contributed by atoms with E-state index in [2.05, 4.69) is 27.3 Å². The van der Waals surface area contributed by atoms with Crippen LogP contribution in [0, 0.1) is 5.92 Å². The van der Waals surface area contributed by atoms with E-state index >= 15 is 0 Å². The third kappa shape index (κ3) is 5.10. The van der Waals surface area contributed by atoms with Crippen LogP contribution in [0.5, 0.6) is 5.75 Å². The fraction of sp³-hybridized carbons (Fsp3) is 0.333. The first kappa shape index (κ1) is 20.6.